The Morgan fingerprint density at radius 2 is 2.32 bits per heavy atom. The van der Waals surface area contributed by atoms with E-state index in [0.717, 1.165) is 17.0 Å². The third-order valence-corrected chi connectivity index (χ3v) is 3.74. The lowest BCUT2D eigenvalue weighted by Gasteiger charge is -2.28. The van der Waals surface area contributed by atoms with Crippen molar-refractivity contribution in [3.63, 3.8) is 0 Å². The average molecular weight is 261 g/mol. The van der Waals surface area contributed by atoms with E-state index in [1.807, 2.05) is 36.4 Å². The summed E-state index contributed by atoms with van der Waals surface area (Å²) in [6.07, 6.45) is -0.417. The molecule has 0 N–H and O–H groups in total. The molecular formula is C14H19N3O2. The maximum atomic E-state index is 12.3. The number of carbonyl (C=O) groups excluding carboxylic acids is 1. The van der Waals surface area contributed by atoms with E-state index in [1.165, 1.54) is 0 Å². The topological polar surface area (TPSA) is 58.3 Å². The van der Waals surface area contributed by atoms with Gasteiger partial charge in [0.15, 0.2) is 11.9 Å². The molecule has 0 amide bonds. The quantitative estimate of drug-likeness (QED) is 0.763. The summed E-state index contributed by atoms with van der Waals surface area (Å²) >= 11 is 0. The lowest BCUT2D eigenvalue weighted by molar-refractivity contribution is 0.00240. The van der Waals surface area contributed by atoms with Gasteiger partial charge >= 0.3 is 0 Å². The lowest BCUT2D eigenvalue weighted by Crippen LogP contribution is -2.44. The van der Waals surface area contributed by atoms with Crippen LogP contribution in [0, 0.1) is 25.2 Å². The van der Waals surface area contributed by atoms with Crippen molar-refractivity contribution in [2.45, 2.75) is 20.0 Å². The summed E-state index contributed by atoms with van der Waals surface area (Å²) in [5, 5.41) is 8.85. The van der Waals surface area contributed by atoms with Gasteiger partial charge in [0.05, 0.1) is 19.2 Å². The maximum absolute atomic E-state index is 12.3. The van der Waals surface area contributed by atoms with Gasteiger partial charge in [0.25, 0.3) is 0 Å². The summed E-state index contributed by atoms with van der Waals surface area (Å²) in [4.78, 5) is 14.3. The SMILES string of the molecule is Cc1cc(C(=O)CN2CCOC(C#N)C2)c(C)n1C. The van der Waals surface area contributed by atoms with Gasteiger partial charge in [0.1, 0.15) is 0 Å². The van der Waals surface area contributed by atoms with E-state index < -0.39 is 6.10 Å². The van der Waals surface area contributed by atoms with E-state index in [-0.39, 0.29) is 5.78 Å². The minimum atomic E-state index is -0.417. The first-order valence-electron chi connectivity index (χ1n) is 6.42. The molecule has 1 atom stereocenters. The molecule has 0 spiro atoms. The van der Waals surface area contributed by atoms with Crippen molar-refractivity contribution in [1.29, 1.82) is 5.26 Å². The van der Waals surface area contributed by atoms with Crippen LogP contribution in [0.4, 0.5) is 0 Å². The Hall–Kier alpha value is -1.64. The average Bonchev–Trinajstić information content (AvgIpc) is 2.67. The number of hydrogen-bond donors (Lipinski definition) is 0. The molecule has 1 aliphatic rings. The molecule has 1 unspecified atom stereocenters. The number of rotatable bonds is 3. The minimum absolute atomic E-state index is 0.111. The summed E-state index contributed by atoms with van der Waals surface area (Å²) in [5.41, 5.74) is 2.85. The van der Waals surface area contributed by atoms with Gasteiger partial charge in [-0.2, -0.15) is 5.26 Å². The van der Waals surface area contributed by atoms with Gasteiger partial charge in [-0.1, -0.05) is 0 Å². The molecule has 0 radical (unpaired) electrons. The zero-order chi connectivity index (χ0) is 14.0. The fourth-order valence-corrected chi connectivity index (χ4v) is 2.35. The molecule has 0 bridgehead atoms. The molecule has 1 aromatic rings. The number of aromatic nitrogens is 1. The Morgan fingerprint density at radius 1 is 1.58 bits per heavy atom. The van der Waals surface area contributed by atoms with Crippen LogP contribution in [0.15, 0.2) is 6.07 Å². The number of nitriles is 1. The number of hydrogen-bond acceptors (Lipinski definition) is 4. The highest BCUT2D eigenvalue weighted by Gasteiger charge is 2.23. The van der Waals surface area contributed by atoms with E-state index in [4.69, 9.17) is 10.00 Å². The largest absolute Gasteiger partial charge is 0.361 e. The van der Waals surface area contributed by atoms with E-state index in [9.17, 15) is 4.79 Å². The van der Waals surface area contributed by atoms with Crippen molar-refractivity contribution in [2.75, 3.05) is 26.2 Å². The summed E-state index contributed by atoms with van der Waals surface area (Å²) < 4.78 is 7.29. The molecule has 1 aromatic heterocycles. The fraction of sp³-hybridized carbons (Fsp3) is 0.571. The molecule has 19 heavy (non-hydrogen) atoms. The van der Waals surface area contributed by atoms with Crippen molar-refractivity contribution in [3.8, 4) is 6.07 Å². The van der Waals surface area contributed by atoms with Gasteiger partial charge in [-0.05, 0) is 19.9 Å². The van der Waals surface area contributed by atoms with Crippen LogP contribution < -0.4 is 0 Å². The molecule has 1 fully saturated rings. The van der Waals surface area contributed by atoms with E-state index in [1.54, 1.807) is 0 Å². The second-order valence-electron chi connectivity index (χ2n) is 4.99. The van der Waals surface area contributed by atoms with Crippen molar-refractivity contribution < 1.29 is 9.53 Å². The fourth-order valence-electron chi connectivity index (χ4n) is 2.35. The van der Waals surface area contributed by atoms with Gasteiger partial charge in [-0.25, -0.2) is 0 Å². The van der Waals surface area contributed by atoms with Gasteiger partial charge in [0, 0.05) is 37.1 Å². The zero-order valence-corrected chi connectivity index (χ0v) is 11.6. The van der Waals surface area contributed by atoms with Crippen molar-refractivity contribution in [1.82, 2.24) is 9.47 Å². The van der Waals surface area contributed by atoms with E-state index in [0.29, 0.717) is 26.2 Å². The maximum Gasteiger partial charge on any atom is 0.178 e. The smallest absolute Gasteiger partial charge is 0.178 e. The monoisotopic (exact) mass is 261 g/mol. The summed E-state index contributed by atoms with van der Waals surface area (Å²) in [6.45, 7) is 6.02. The molecule has 1 saturated heterocycles. The minimum Gasteiger partial charge on any atom is -0.361 e. The van der Waals surface area contributed by atoms with E-state index >= 15 is 0 Å². The summed E-state index contributed by atoms with van der Waals surface area (Å²) in [5.74, 6) is 0.111. The van der Waals surface area contributed by atoms with Crippen LogP contribution in [0.1, 0.15) is 21.7 Å². The first-order chi connectivity index (χ1) is 9.02. The van der Waals surface area contributed by atoms with Crippen molar-refractivity contribution in [2.24, 2.45) is 7.05 Å². The second kappa shape index (κ2) is 5.55. The third-order valence-electron chi connectivity index (χ3n) is 3.74. The second-order valence-corrected chi connectivity index (χ2v) is 4.99. The van der Waals surface area contributed by atoms with Gasteiger partial charge < -0.3 is 9.30 Å². The molecule has 5 heteroatoms. The highest BCUT2D eigenvalue weighted by molar-refractivity contribution is 5.99. The van der Waals surface area contributed by atoms with Crippen LogP contribution in [-0.2, 0) is 11.8 Å². The van der Waals surface area contributed by atoms with Crippen molar-refractivity contribution >= 4 is 5.78 Å². The first kappa shape index (κ1) is 13.8. The van der Waals surface area contributed by atoms with Crippen LogP contribution in [-0.4, -0.2) is 47.6 Å². The van der Waals surface area contributed by atoms with Crippen LogP contribution in [0.3, 0.4) is 0 Å². The number of aryl methyl sites for hydroxylation is 1. The molecule has 5 nitrogen and oxygen atoms in total. The summed E-state index contributed by atoms with van der Waals surface area (Å²) in [7, 11) is 1.96. The number of ether oxygens (including phenoxy) is 1. The third kappa shape index (κ3) is 2.86. The zero-order valence-electron chi connectivity index (χ0n) is 11.6. The molecule has 1 aliphatic heterocycles. The molecule has 102 valence electrons. The molecular weight excluding hydrogens is 242 g/mol. The number of ketones is 1. The predicted octanol–water partition coefficient (Wildman–Crippen LogP) is 1.05. The van der Waals surface area contributed by atoms with Crippen LogP contribution in [0.25, 0.3) is 0 Å². The summed E-state index contributed by atoms with van der Waals surface area (Å²) in [6, 6.07) is 4.02. The molecule has 0 aliphatic carbocycles. The molecule has 0 saturated carbocycles. The van der Waals surface area contributed by atoms with Gasteiger partial charge in [-0.15, -0.1) is 0 Å². The standard InChI is InChI=1S/C14H19N3O2/c1-10-6-13(11(2)16(10)3)14(18)9-17-4-5-19-12(7-15)8-17/h6,12H,4-5,8-9H2,1-3H3. The lowest BCUT2D eigenvalue weighted by atomic mass is 10.1. The van der Waals surface area contributed by atoms with Gasteiger partial charge in [-0.3, -0.25) is 9.69 Å². The predicted molar refractivity (Wildman–Crippen MR) is 71.0 cm³/mol. The normalized spacial score (nSPS) is 20.2. The van der Waals surface area contributed by atoms with Gasteiger partial charge in [0.2, 0.25) is 0 Å². The number of Topliss-reactive ketones (excluding diaryl/α,β-unsaturated/α-hetero) is 1. The number of morpholine rings is 1. The Kier molecular flexibility index (Phi) is 4.03. The highest BCUT2D eigenvalue weighted by atomic mass is 16.5. The highest BCUT2D eigenvalue weighted by Crippen LogP contribution is 2.15. The van der Waals surface area contributed by atoms with Crippen LogP contribution in [0.5, 0.6) is 0 Å². The molecule has 0 aromatic carbocycles. The Labute approximate surface area is 113 Å². The molecule has 2 rings (SSSR count). The van der Waals surface area contributed by atoms with Crippen LogP contribution >= 0.6 is 0 Å². The first-order valence-corrected chi connectivity index (χ1v) is 6.42. The van der Waals surface area contributed by atoms with Crippen molar-refractivity contribution in [3.05, 3.63) is 23.0 Å². The van der Waals surface area contributed by atoms with E-state index in [2.05, 4.69) is 6.07 Å². The Bertz CT molecular complexity index is 528. The Morgan fingerprint density at radius 3 is 2.89 bits per heavy atom. The molecule has 2 heterocycles. The number of carbonyl (C=O) groups is 1. The number of nitrogens with zero attached hydrogens (tertiary/aromatic N) is 3. The van der Waals surface area contributed by atoms with Crippen LogP contribution in [0.2, 0.25) is 0 Å². The Balaban J connectivity index is 2.05.